The fraction of sp³-hybridized carbons (Fsp3) is 0.190. The zero-order valence-electron chi connectivity index (χ0n) is 15.6. The molecule has 6 nitrogen and oxygen atoms in total. The summed E-state index contributed by atoms with van der Waals surface area (Å²) >= 11 is 1.57. The molecule has 0 saturated heterocycles. The number of nitrogens with two attached hydrogens (primary N) is 1. The average Bonchev–Trinajstić information content (AvgIpc) is 3.11. The van der Waals surface area contributed by atoms with E-state index in [4.69, 9.17) is 15.5 Å². The van der Waals surface area contributed by atoms with Gasteiger partial charge in [-0.3, -0.25) is 4.98 Å². The highest BCUT2D eigenvalue weighted by molar-refractivity contribution is 8.14. The molecule has 2 aliphatic rings. The molecule has 2 aromatic heterocycles. The Balaban J connectivity index is 1.74. The van der Waals surface area contributed by atoms with E-state index < -0.39 is 5.54 Å². The van der Waals surface area contributed by atoms with Gasteiger partial charge in [-0.2, -0.15) is 0 Å². The quantitative estimate of drug-likeness (QED) is 0.721. The summed E-state index contributed by atoms with van der Waals surface area (Å²) in [5.41, 5.74) is 9.70. The molecule has 5 rings (SSSR count). The van der Waals surface area contributed by atoms with E-state index in [9.17, 15) is 0 Å². The number of hydrogen-bond donors (Lipinski definition) is 1. The van der Waals surface area contributed by atoms with Crippen molar-refractivity contribution in [1.29, 1.82) is 0 Å². The minimum Gasteiger partial charge on any atom is -0.455 e. The molecule has 0 saturated carbocycles. The van der Waals surface area contributed by atoms with Crippen molar-refractivity contribution in [3.05, 3.63) is 66.1 Å². The van der Waals surface area contributed by atoms with E-state index in [-0.39, 0.29) is 0 Å². The first-order valence-corrected chi connectivity index (χ1v) is 9.94. The standard InChI is InChI=1S/C21H19N5OS/c1-26(2)19-9-16-18(11-24-19)27-17-6-5-13(14-4-3-7-23-10-14)8-15(17)21(16)12-28-20(22)25-21/h3-11H,12H2,1-2H3,(H2,22,25)/t21-/m0/s1. The van der Waals surface area contributed by atoms with E-state index >= 15 is 0 Å². The molecule has 1 spiro atoms. The molecule has 0 bridgehead atoms. The van der Waals surface area contributed by atoms with Crippen molar-refractivity contribution in [1.82, 2.24) is 9.97 Å². The molecule has 2 N–H and O–H groups in total. The fourth-order valence-electron chi connectivity index (χ4n) is 3.71. The number of aromatic nitrogens is 2. The Labute approximate surface area is 167 Å². The summed E-state index contributed by atoms with van der Waals surface area (Å²) in [6.07, 6.45) is 5.41. The van der Waals surface area contributed by atoms with Gasteiger partial charge in [-0.25, -0.2) is 9.98 Å². The number of rotatable bonds is 2. The van der Waals surface area contributed by atoms with Gasteiger partial charge in [0, 0.05) is 48.9 Å². The largest absolute Gasteiger partial charge is 0.455 e. The molecule has 1 aromatic carbocycles. The van der Waals surface area contributed by atoms with Gasteiger partial charge in [0.15, 0.2) is 10.9 Å². The summed E-state index contributed by atoms with van der Waals surface area (Å²) < 4.78 is 6.21. The van der Waals surface area contributed by atoms with Crippen LogP contribution in [0.2, 0.25) is 0 Å². The summed E-state index contributed by atoms with van der Waals surface area (Å²) in [5.74, 6) is 3.11. The van der Waals surface area contributed by atoms with Crippen molar-refractivity contribution in [2.45, 2.75) is 5.54 Å². The van der Waals surface area contributed by atoms with Crippen LogP contribution in [-0.2, 0) is 5.54 Å². The van der Waals surface area contributed by atoms with Crippen molar-refractivity contribution < 1.29 is 4.74 Å². The maximum absolute atomic E-state index is 6.21. The van der Waals surface area contributed by atoms with Crippen molar-refractivity contribution in [3.8, 4) is 22.6 Å². The zero-order valence-corrected chi connectivity index (χ0v) is 16.4. The number of nitrogens with zero attached hydrogens (tertiary/aromatic N) is 4. The Kier molecular flexibility index (Phi) is 3.80. The number of aliphatic imine (C=N–C) groups is 1. The summed E-state index contributed by atoms with van der Waals surface area (Å²) in [5, 5.41) is 0.591. The number of ether oxygens (including phenoxy) is 1. The van der Waals surface area contributed by atoms with E-state index in [1.165, 1.54) is 0 Å². The highest BCUT2D eigenvalue weighted by Crippen LogP contribution is 2.53. The number of thioether (sulfide) groups is 1. The van der Waals surface area contributed by atoms with Crippen LogP contribution in [0, 0.1) is 0 Å². The normalized spacial score (nSPS) is 19.6. The molecular weight excluding hydrogens is 370 g/mol. The predicted octanol–water partition coefficient (Wildman–Crippen LogP) is 3.62. The summed E-state index contributed by atoms with van der Waals surface area (Å²) in [4.78, 5) is 15.6. The fourth-order valence-corrected chi connectivity index (χ4v) is 4.66. The number of hydrogen-bond acceptors (Lipinski definition) is 7. The molecule has 0 unspecified atom stereocenters. The Bertz CT molecular complexity index is 1100. The van der Waals surface area contributed by atoms with Gasteiger partial charge in [0.25, 0.3) is 0 Å². The second-order valence-electron chi connectivity index (χ2n) is 7.09. The van der Waals surface area contributed by atoms with Gasteiger partial charge < -0.3 is 15.4 Å². The Hall–Kier alpha value is -3.06. The third-order valence-electron chi connectivity index (χ3n) is 5.13. The van der Waals surface area contributed by atoms with E-state index in [1.54, 1.807) is 24.2 Å². The van der Waals surface area contributed by atoms with E-state index in [1.807, 2.05) is 49.5 Å². The number of fused-ring (bicyclic) bond motifs is 4. The molecule has 140 valence electrons. The monoisotopic (exact) mass is 389 g/mol. The lowest BCUT2D eigenvalue weighted by Gasteiger charge is -2.35. The molecule has 0 fully saturated rings. The summed E-state index contributed by atoms with van der Waals surface area (Å²) in [7, 11) is 3.95. The minimum absolute atomic E-state index is 0.580. The SMILES string of the molecule is CN(C)c1cc2c(cn1)Oc1ccc(-c3cccnc3)cc1[C@@]21CSC(N)=N1. The average molecular weight is 389 g/mol. The van der Waals surface area contributed by atoms with Gasteiger partial charge in [0.2, 0.25) is 0 Å². The number of amidine groups is 1. The second-order valence-corrected chi connectivity index (χ2v) is 8.08. The van der Waals surface area contributed by atoms with Gasteiger partial charge in [0.05, 0.1) is 6.20 Å². The van der Waals surface area contributed by atoms with Gasteiger partial charge in [0.1, 0.15) is 17.1 Å². The van der Waals surface area contributed by atoms with Crippen LogP contribution >= 0.6 is 11.8 Å². The van der Waals surface area contributed by atoms with Crippen LogP contribution in [0.25, 0.3) is 11.1 Å². The highest BCUT2D eigenvalue weighted by Gasteiger charge is 2.46. The van der Waals surface area contributed by atoms with Gasteiger partial charge >= 0.3 is 0 Å². The Morgan fingerprint density at radius 2 is 1.93 bits per heavy atom. The third kappa shape index (κ3) is 2.54. The molecule has 4 heterocycles. The van der Waals surface area contributed by atoms with E-state index in [0.29, 0.717) is 5.17 Å². The second kappa shape index (κ2) is 6.24. The van der Waals surface area contributed by atoms with Crippen LogP contribution in [0.4, 0.5) is 5.82 Å². The maximum Gasteiger partial charge on any atom is 0.155 e. The number of benzene rings is 1. The number of anilines is 1. The lowest BCUT2D eigenvalue weighted by Crippen LogP contribution is -2.31. The molecule has 0 amide bonds. The zero-order chi connectivity index (χ0) is 19.3. The van der Waals surface area contributed by atoms with Crippen LogP contribution in [0.15, 0.2) is 60.0 Å². The first-order valence-electron chi connectivity index (χ1n) is 8.95. The highest BCUT2D eigenvalue weighted by atomic mass is 32.2. The van der Waals surface area contributed by atoms with Crippen molar-refractivity contribution in [2.24, 2.45) is 10.7 Å². The van der Waals surface area contributed by atoms with Crippen LogP contribution in [0.1, 0.15) is 11.1 Å². The van der Waals surface area contributed by atoms with Crippen LogP contribution in [0.3, 0.4) is 0 Å². The molecule has 28 heavy (non-hydrogen) atoms. The van der Waals surface area contributed by atoms with Gasteiger partial charge in [-0.1, -0.05) is 23.9 Å². The molecule has 7 heteroatoms. The summed E-state index contributed by atoms with van der Waals surface area (Å²) in [6, 6.07) is 12.2. The summed E-state index contributed by atoms with van der Waals surface area (Å²) in [6.45, 7) is 0. The lowest BCUT2D eigenvalue weighted by molar-refractivity contribution is 0.414. The molecule has 0 radical (unpaired) electrons. The first-order chi connectivity index (χ1) is 13.6. The van der Waals surface area contributed by atoms with Crippen LogP contribution < -0.4 is 15.4 Å². The predicted molar refractivity (Wildman–Crippen MR) is 113 cm³/mol. The Morgan fingerprint density at radius 1 is 1.07 bits per heavy atom. The third-order valence-corrected chi connectivity index (χ3v) is 6.08. The lowest BCUT2D eigenvalue weighted by atomic mass is 9.81. The maximum atomic E-state index is 6.21. The molecular formula is C21H19N5OS. The van der Waals surface area contributed by atoms with Crippen LogP contribution in [-0.4, -0.2) is 35.0 Å². The molecule has 2 aliphatic heterocycles. The van der Waals surface area contributed by atoms with Gasteiger partial charge in [-0.05, 0) is 29.8 Å². The van der Waals surface area contributed by atoms with Crippen molar-refractivity contribution in [2.75, 3.05) is 24.7 Å². The smallest absolute Gasteiger partial charge is 0.155 e. The van der Waals surface area contributed by atoms with Crippen molar-refractivity contribution >= 4 is 22.7 Å². The van der Waals surface area contributed by atoms with Gasteiger partial charge in [-0.15, -0.1) is 0 Å². The van der Waals surface area contributed by atoms with Crippen molar-refractivity contribution in [3.63, 3.8) is 0 Å². The first kappa shape index (κ1) is 17.1. The minimum atomic E-state index is -0.580. The molecule has 3 aromatic rings. The van der Waals surface area contributed by atoms with E-state index in [0.717, 1.165) is 45.3 Å². The number of pyridine rings is 2. The molecule has 0 aliphatic carbocycles. The topological polar surface area (TPSA) is 76.6 Å². The van der Waals surface area contributed by atoms with Crippen LogP contribution in [0.5, 0.6) is 11.5 Å². The van der Waals surface area contributed by atoms with E-state index in [2.05, 4.69) is 22.1 Å². The Morgan fingerprint density at radius 3 is 2.64 bits per heavy atom. The molecule has 1 atom stereocenters.